The summed E-state index contributed by atoms with van der Waals surface area (Å²) in [5.74, 6) is 3.16. The van der Waals surface area contributed by atoms with E-state index in [4.69, 9.17) is 9.05 Å². The normalized spacial score (nSPS) is 22.0. The summed E-state index contributed by atoms with van der Waals surface area (Å²) in [6.45, 7) is 4.63. The van der Waals surface area contributed by atoms with Crippen LogP contribution in [0.25, 0.3) is 11.4 Å². The number of hydrogen-bond donors (Lipinski definition) is 0. The number of pyridine rings is 1. The van der Waals surface area contributed by atoms with Crippen molar-refractivity contribution in [3.8, 4) is 11.4 Å². The highest BCUT2D eigenvalue weighted by molar-refractivity contribution is 5.52. The van der Waals surface area contributed by atoms with Crippen LogP contribution in [-0.2, 0) is 6.54 Å². The Hall–Kier alpha value is -2.61. The molecule has 0 unspecified atom stereocenters. The van der Waals surface area contributed by atoms with E-state index in [1.54, 1.807) is 12.4 Å². The Kier molecular flexibility index (Phi) is 3.59. The van der Waals surface area contributed by atoms with Gasteiger partial charge in [0.05, 0.1) is 6.54 Å². The van der Waals surface area contributed by atoms with E-state index in [-0.39, 0.29) is 0 Å². The number of nitrogens with zero attached hydrogens (tertiary/aromatic N) is 6. The third-order valence-corrected chi connectivity index (χ3v) is 5.63. The van der Waals surface area contributed by atoms with Gasteiger partial charge in [0.25, 0.3) is 0 Å². The van der Waals surface area contributed by atoms with Gasteiger partial charge in [0, 0.05) is 23.9 Å². The van der Waals surface area contributed by atoms with Crippen LogP contribution in [0.15, 0.2) is 33.6 Å². The van der Waals surface area contributed by atoms with E-state index in [1.165, 1.54) is 0 Å². The third-order valence-electron chi connectivity index (χ3n) is 5.63. The molecule has 2 aliphatic rings. The molecule has 0 radical (unpaired) electrons. The summed E-state index contributed by atoms with van der Waals surface area (Å²) in [4.78, 5) is 15.4. The van der Waals surface area contributed by atoms with Crippen LogP contribution >= 0.6 is 0 Å². The summed E-state index contributed by atoms with van der Waals surface area (Å²) in [7, 11) is 0. The average molecular weight is 352 g/mol. The Labute approximate surface area is 150 Å². The van der Waals surface area contributed by atoms with Crippen LogP contribution in [0, 0.1) is 12.3 Å². The van der Waals surface area contributed by atoms with Crippen molar-refractivity contribution < 1.29 is 9.05 Å². The molecule has 0 amide bonds. The van der Waals surface area contributed by atoms with Gasteiger partial charge in [0.15, 0.2) is 5.82 Å². The minimum absolute atomic E-state index is 0.319. The van der Waals surface area contributed by atoms with Gasteiger partial charge in [-0.3, -0.25) is 9.88 Å². The van der Waals surface area contributed by atoms with Crippen molar-refractivity contribution in [2.24, 2.45) is 5.41 Å². The molecule has 1 aliphatic heterocycles. The van der Waals surface area contributed by atoms with Crippen LogP contribution in [-0.4, -0.2) is 43.3 Å². The Balaban J connectivity index is 1.22. The monoisotopic (exact) mass is 352 g/mol. The maximum absolute atomic E-state index is 5.56. The number of piperidine rings is 1. The van der Waals surface area contributed by atoms with Crippen molar-refractivity contribution in [3.05, 3.63) is 42.1 Å². The van der Waals surface area contributed by atoms with Crippen molar-refractivity contribution >= 4 is 0 Å². The molecule has 4 heterocycles. The van der Waals surface area contributed by atoms with Gasteiger partial charge in [-0.1, -0.05) is 10.3 Å². The molecule has 2 fully saturated rings. The van der Waals surface area contributed by atoms with Crippen LogP contribution in [0.1, 0.15) is 42.8 Å². The second kappa shape index (κ2) is 5.98. The first-order valence-corrected chi connectivity index (χ1v) is 8.97. The molecule has 134 valence electrons. The largest absolute Gasteiger partial charge is 0.339 e. The predicted molar refractivity (Wildman–Crippen MR) is 90.9 cm³/mol. The van der Waals surface area contributed by atoms with E-state index in [1.807, 2.05) is 19.1 Å². The molecule has 0 bridgehead atoms. The number of hydrogen-bond acceptors (Lipinski definition) is 8. The Morgan fingerprint density at radius 2 is 2.08 bits per heavy atom. The molecule has 1 saturated carbocycles. The first kappa shape index (κ1) is 15.6. The van der Waals surface area contributed by atoms with E-state index in [9.17, 15) is 0 Å². The molecule has 8 heteroatoms. The van der Waals surface area contributed by atoms with Crippen molar-refractivity contribution in [1.82, 2.24) is 30.2 Å². The highest BCUT2D eigenvalue weighted by atomic mass is 16.5. The summed E-state index contributed by atoms with van der Waals surface area (Å²) >= 11 is 0. The van der Waals surface area contributed by atoms with Gasteiger partial charge in [0.2, 0.25) is 17.6 Å². The molecule has 5 rings (SSSR count). The SMILES string of the molecule is Cc1noc(CN2CCC3(CC2)C[C@@H]3c2nc(-c3cccnc3)no2)n1. The molecule has 26 heavy (non-hydrogen) atoms. The lowest BCUT2D eigenvalue weighted by Crippen LogP contribution is -2.34. The average Bonchev–Trinajstić information content (AvgIpc) is 3.01. The summed E-state index contributed by atoms with van der Waals surface area (Å²) in [5, 5.41) is 7.99. The first-order valence-electron chi connectivity index (χ1n) is 8.97. The minimum atomic E-state index is 0.319. The molecule has 3 aromatic heterocycles. The fraction of sp³-hybridized carbons (Fsp3) is 0.500. The summed E-state index contributed by atoms with van der Waals surface area (Å²) in [6.07, 6.45) is 6.90. The van der Waals surface area contributed by atoms with Crippen LogP contribution in [0.3, 0.4) is 0 Å². The van der Waals surface area contributed by atoms with Gasteiger partial charge >= 0.3 is 0 Å². The molecule has 1 spiro atoms. The van der Waals surface area contributed by atoms with E-state index >= 15 is 0 Å². The second-order valence-corrected chi connectivity index (χ2v) is 7.33. The van der Waals surface area contributed by atoms with Crippen molar-refractivity contribution in [3.63, 3.8) is 0 Å². The molecule has 1 atom stereocenters. The number of aromatic nitrogens is 5. The lowest BCUT2D eigenvalue weighted by atomic mass is 9.91. The van der Waals surface area contributed by atoms with Crippen LogP contribution in [0.5, 0.6) is 0 Å². The zero-order chi connectivity index (χ0) is 17.6. The number of rotatable bonds is 4. The van der Waals surface area contributed by atoms with E-state index in [0.29, 0.717) is 28.9 Å². The van der Waals surface area contributed by atoms with E-state index in [2.05, 4.69) is 30.2 Å². The summed E-state index contributed by atoms with van der Waals surface area (Å²) < 4.78 is 10.8. The highest BCUT2D eigenvalue weighted by Crippen LogP contribution is 2.64. The lowest BCUT2D eigenvalue weighted by Gasteiger charge is -2.31. The number of aryl methyl sites for hydroxylation is 1. The Bertz CT molecular complexity index is 897. The molecule has 1 saturated heterocycles. The Morgan fingerprint density at radius 3 is 2.81 bits per heavy atom. The maximum atomic E-state index is 5.56. The molecular formula is C18H20N6O2. The smallest absolute Gasteiger partial charge is 0.240 e. The van der Waals surface area contributed by atoms with Crippen molar-refractivity contribution in [2.75, 3.05) is 13.1 Å². The second-order valence-electron chi connectivity index (χ2n) is 7.33. The van der Waals surface area contributed by atoms with Crippen LogP contribution < -0.4 is 0 Å². The highest BCUT2D eigenvalue weighted by Gasteiger charge is 2.58. The predicted octanol–water partition coefficient (Wildman–Crippen LogP) is 2.59. The van der Waals surface area contributed by atoms with Gasteiger partial charge in [0.1, 0.15) is 0 Å². The Morgan fingerprint density at radius 1 is 1.19 bits per heavy atom. The first-order chi connectivity index (χ1) is 12.7. The van der Waals surface area contributed by atoms with Crippen molar-refractivity contribution in [2.45, 2.75) is 38.6 Å². The zero-order valence-corrected chi connectivity index (χ0v) is 14.6. The van der Waals surface area contributed by atoms with Crippen LogP contribution in [0.2, 0.25) is 0 Å². The molecule has 3 aromatic rings. The van der Waals surface area contributed by atoms with Gasteiger partial charge in [-0.2, -0.15) is 9.97 Å². The minimum Gasteiger partial charge on any atom is -0.339 e. The molecule has 0 N–H and O–H groups in total. The molecule has 1 aliphatic carbocycles. The van der Waals surface area contributed by atoms with Gasteiger partial charge < -0.3 is 9.05 Å². The fourth-order valence-electron chi connectivity index (χ4n) is 3.99. The zero-order valence-electron chi connectivity index (χ0n) is 14.6. The number of likely N-dealkylation sites (tertiary alicyclic amines) is 1. The quantitative estimate of drug-likeness (QED) is 0.707. The van der Waals surface area contributed by atoms with Gasteiger partial charge in [-0.05, 0) is 56.8 Å². The van der Waals surface area contributed by atoms with E-state index < -0.39 is 0 Å². The lowest BCUT2D eigenvalue weighted by molar-refractivity contribution is 0.144. The standard InChI is InChI=1S/C18H20N6O2/c1-12-20-15(25-22-12)11-24-7-4-18(5-8-24)9-14(18)17-21-16(23-26-17)13-3-2-6-19-10-13/h2-3,6,10,14H,4-5,7-9,11H2,1H3/t14-/m1/s1. The summed E-state index contributed by atoms with van der Waals surface area (Å²) in [5.41, 5.74) is 1.21. The molecular weight excluding hydrogens is 332 g/mol. The topological polar surface area (TPSA) is 94.0 Å². The van der Waals surface area contributed by atoms with Gasteiger partial charge in [-0.25, -0.2) is 0 Å². The fourth-order valence-corrected chi connectivity index (χ4v) is 3.99. The maximum Gasteiger partial charge on any atom is 0.240 e. The van der Waals surface area contributed by atoms with Crippen molar-refractivity contribution in [1.29, 1.82) is 0 Å². The molecule has 0 aromatic carbocycles. The molecule has 8 nitrogen and oxygen atoms in total. The van der Waals surface area contributed by atoms with Crippen LogP contribution in [0.4, 0.5) is 0 Å². The summed E-state index contributed by atoms with van der Waals surface area (Å²) in [6, 6.07) is 3.83. The van der Waals surface area contributed by atoms with Gasteiger partial charge in [-0.15, -0.1) is 0 Å². The third kappa shape index (κ3) is 2.80. The van der Waals surface area contributed by atoms with E-state index in [0.717, 1.165) is 50.4 Å².